The van der Waals surface area contributed by atoms with Gasteiger partial charge in [-0.25, -0.2) is 4.98 Å². The summed E-state index contributed by atoms with van der Waals surface area (Å²) in [5.41, 5.74) is 4.03. The fourth-order valence-corrected chi connectivity index (χ4v) is 3.08. The topological polar surface area (TPSA) is 50.7 Å². The van der Waals surface area contributed by atoms with Gasteiger partial charge in [-0.1, -0.05) is 6.92 Å². The number of hydrogen-bond donors (Lipinski definition) is 1. The van der Waals surface area contributed by atoms with Crippen molar-refractivity contribution in [2.75, 3.05) is 6.54 Å². The molecule has 3 aromatic rings. The third-order valence-electron chi connectivity index (χ3n) is 3.14. The minimum Gasteiger partial charge on any atom is -0.312 e. The highest BCUT2D eigenvalue weighted by Crippen LogP contribution is 2.29. The first-order chi connectivity index (χ1) is 9.78. The Balaban J connectivity index is 1.98. The number of nitrogens with one attached hydrogen (secondary N) is 1. The quantitative estimate of drug-likeness (QED) is 0.799. The van der Waals surface area contributed by atoms with E-state index in [1.807, 2.05) is 6.07 Å². The van der Waals surface area contributed by atoms with E-state index in [1.54, 1.807) is 23.7 Å². The van der Waals surface area contributed by atoms with Crippen molar-refractivity contribution in [1.29, 1.82) is 0 Å². The zero-order valence-electron chi connectivity index (χ0n) is 11.6. The third-order valence-corrected chi connectivity index (χ3v) is 4.35. The number of aromatic nitrogens is 3. The number of nitrogens with zero attached hydrogens (tertiary/aromatic N) is 3. The van der Waals surface area contributed by atoms with E-state index in [4.69, 9.17) is 0 Å². The first-order valence-electron chi connectivity index (χ1n) is 6.66. The Kier molecular flexibility index (Phi) is 3.71. The van der Waals surface area contributed by atoms with Gasteiger partial charge in [0.2, 0.25) is 0 Å². The van der Waals surface area contributed by atoms with Crippen LogP contribution in [0.4, 0.5) is 0 Å². The van der Waals surface area contributed by atoms with Crippen molar-refractivity contribution in [2.45, 2.75) is 20.4 Å². The lowest BCUT2D eigenvalue weighted by molar-refractivity contribution is 0.731. The molecule has 0 bridgehead atoms. The van der Waals surface area contributed by atoms with Crippen LogP contribution in [0, 0.1) is 6.92 Å². The van der Waals surface area contributed by atoms with E-state index in [2.05, 4.69) is 46.2 Å². The largest absolute Gasteiger partial charge is 0.312 e. The van der Waals surface area contributed by atoms with Crippen molar-refractivity contribution < 1.29 is 0 Å². The van der Waals surface area contributed by atoms with Crippen molar-refractivity contribution in [1.82, 2.24) is 20.3 Å². The van der Waals surface area contributed by atoms with E-state index in [-0.39, 0.29) is 0 Å². The van der Waals surface area contributed by atoms with Gasteiger partial charge in [0.25, 0.3) is 0 Å². The highest BCUT2D eigenvalue weighted by molar-refractivity contribution is 7.15. The zero-order chi connectivity index (χ0) is 13.9. The minimum absolute atomic E-state index is 0.882. The molecule has 0 aliphatic carbocycles. The Morgan fingerprint density at radius 3 is 2.75 bits per heavy atom. The molecule has 4 nitrogen and oxygen atoms in total. The van der Waals surface area contributed by atoms with Crippen LogP contribution in [0.5, 0.6) is 0 Å². The van der Waals surface area contributed by atoms with Gasteiger partial charge >= 0.3 is 0 Å². The monoisotopic (exact) mass is 284 g/mol. The van der Waals surface area contributed by atoms with Crippen LogP contribution >= 0.6 is 11.3 Å². The normalized spacial score (nSPS) is 11.1. The predicted octanol–water partition coefficient (Wildman–Crippen LogP) is 3.17. The van der Waals surface area contributed by atoms with Gasteiger partial charge in [-0.05, 0) is 31.7 Å². The number of hydrogen-bond acceptors (Lipinski definition) is 5. The van der Waals surface area contributed by atoms with Crippen molar-refractivity contribution in [3.8, 4) is 10.6 Å². The Bertz CT molecular complexity index is 736. The van der Waals surface area contributed by atoms with Gasteiger partial charge in [0.15, 0.2) is 0 Å². The third kappa shape index (κ3) is 2.55. The summed E-state index contributed by atoms with van der Waals surface area (Å²) in [5, 5.41) is 4.39. The van der Waals surface area contributed by atoms with Crippen LogP contribution in [0.2, 0.25) is 0 Å². The van der Waals surface area contributed by atoms with E-state index >= 15 is 0 Å². The molecular formula is C15H16N4S. The van der Waals surface area contributed by atoms with E-state index in [0.29, 0.717) is 0 Å². The van der Waals surface area contributed by atoms with Gasteiger partial charge < -0.3 is 5.32 Å². The molecule has 2 aromatic heterocycles. The first-order valence-corrected chi connectivity index (χ1v) is 7.47. The molecule has 3 rings (SSSR count). The van der Waals surface area contributed by atoms with Gasteiger partial charge in [0.1, 0.15) is 5.01 Å². The SMILES string of the molecule is CCNCc1sc(-c2ccc3nccnc3c2)nc1C. The number of thiazole rings is 1. The van der Waals surface area contributed by atoms with Crippen LogP contribution in [-0.2, 0) is 6.54 Å². The second kappa shape index (κ2) is 5.64. The molecule has 0 radical (unpaired) electrons. The summed E-state index contributed by atoms with van der Waals surface area (Å²) in [7, 11) is 0. The first kappa shape index (κ1) is 13.1. The lowest BCUT2D eigenvalue weighted by Gasteiger charge is -1.99. The van der Waals surface area contributed by atoms with Gasteiger partial charge in [0.05, 0.1) is 16.7 Å². The van der Waals surface area contributed by atoms with Gasteiger partial charge in [-0.2, -0.15) is 0 Å². The molecule has 0 aliphatic heterocycles. The maximum absolute atomic E-state index is 4.67. The van der Waals surface area contributed by atoms with Crippen molar-refractivity contribution in [2.24, 2.45) is 0 Å². The molecule has 5 heteroatoms. The fourth-order valence-electron chi connectivity index (χ4n) is 2.05. The summed E-state index contributed by atoms with van der Waals surface area (Å²) >= 11 is 1.74. The molecule has 0 saturated carbocycles. The molecule has 1 N–H and O–H groups in total. The Morgan fingerprint density at radius 1 is 1.15 bits per heavy atom. The van der Waals surface area contributed by atoms with E-state index < -0.39 is 0 Å². The van der Waals surface area contributed by atoms with Gasteiger partial charge in [-0.3, -0.25) is 9.97 Å². The minimum atomic E-state index is 0.882. The smallest absolute Gasteiger partial charge is 0.123 e. The van der Waals surface area contributed by atoms with Gasteiger partial charge in [0, 0.05) is 29.4 Å². The number of fused-ring (bicyclic) bond motifs is 1. The molecule has 0 atom stereocenters. The second-order valence-corrected chi connectivity index (χ2v) is 5.65. The van der Waals surface area contributed by atoms with Crippen LogP contribution in [-0.4, -0.2) is 21.5 Å². The van der Waals surface area contributed by atoms with Crippen molar-refractivity contribution in [3.05, 3.63) is 41.2 Å². The molecule has 0 unspecified atom stereocenters. The highest BCUT2D eigenvalue weighted by Gasteiger charge is 2.09. The molecule has 20 heavy (non-hydrogen) atoms. The summed E-state index contributed by atoms with van der Waals surface area (Å²) in [4.78, 5) is 14.6. The van der Waals surface area contributed by atoms with E-state index in [9.17, 15) is 0 Å². The molecule has 1 aromatic carbocycles. The Labute approximate surface area is 121 Å². The lowest BCUT2D eigenvalue weighted by Crippen LogP contribution is -2.11. The highest BCUT2D eigenvalue weighted by atomic mass is 32.1. The summed E-state index contributed by atoms with van der Waals surface area (Å²) < 4.78 is 0. The second-order valence-electron chi connectivity index (χ2n) is 4.57. The number of benzene rings is 1. The standard InChI is InChI=1S/C15H16N4S/c1-3-16-9-14-10(2)19-15(20-14)11-4-5-12-13(8-11)18-7-6-17-12/h4-8,16H,3,9H2,1-2H3. The van der Waals surface area contributed by atoms with Crippen LogP contribution < -0.4 is 5.32 Å². The molecule has 0 spiro atoms. The summed E-state index contributed by atoms with van der Waals surface area (Å²) in [6.07, 6.45) is 3.43. The van der Waals surface area contributed by atoms with E-state index in [1.165, 1.54) is 4.88 Å². The molecule has 2 heterocycles. The van der Waals surface area contributed by atoms with E-state index in [0.717, 1.165) is 40.4 Å². The zero-order valence-corrected chi connectivity index (χ0v) is 12.4. The molecule has 0 aliphatic rings. The average molecular weight is 284 g/mol. The van der Waals surface area contributed by atoms with Crippen LogP contribution in [0.15, 0.2) is 30.6 Å². The van der Waals surface area contributed by atoms with Crippen molar-refractivity contribution >= 4 is 22.4 Å². The molecule has 0 fully saturated rings. The molecule has 0 amide bonds. The Morgan fingerprint density at radius 2 is 1.95 bits per heavy atom. The lowest BCUT2D eigenvalue weighted by atomic mass is 10.2. The summed E-state index contributed by atoms with van der Waals surface area (Å²) in [6, 6.07) is 6.11. The van der Waals surface area contributed by atoms with Gasteiger partial charge in [-0.15, -0.1) is 11.3 Å². The molecule has 0 saturated heterocycles. The van der Waals surface area contributed by atoms with Crippen LogP contribution in [0.3, 0.4) is 0 Å². The summed E-state index contributed by atoms with van der Waals surface area (Å²) in [6.45, 7) is 6.03. The molecule has 102 valence electrons. The summed E-state index contributed by atoms with van der Waals surface area (Å²) in [5.74, 6) is 0. The Hall–Kier alpha value is -1.85. The number of aryl methyl sites for hydroxylation is 1. The maximum Gasteiger partial charge on any atom is 0.123 e. The maximum atomic E-state index is 4.67. The van der Waals surface area contributed by atoms with Crippen molar-refractivity contribution in [3.63, 3.8) is 0 Å². The van der Waals surface area contributed by atoms with Crippen LogP contribution in [0.25, 0.3) is 21.6 Å². The fraction of sp³-hybridized carbons (Fsp3) is 0.267. The predicted molar refractivity (Wildman–Crippen MR) is 82.8 cm³/mol. The molecular weight excluding hydrogens is 268 g/mol. The van der Waals surface area contributed by atoms with Crippen LogP contribution in [0.1, 0.15) is 17.5 Å². The average Bonchev–Trinajstić information content (AvgIpc) is 2.86. The number of rotatable bonds is 4.